The van der Waals surface area contributed by atoms with Crippen molar-refractivity contribution in [1.29, 1.82) is 0 Å². The van der Waals surface area contributed by atoms with Gasteiger partial charge in [-0.15, -0.1) is 0 Å². The standard InChI is InChI=1S/C20H16ClFN3O2.C19H19F2N2.Au/c1-3-4-5-8-27-19-10-14-17(11-18(19)26-2)23-12-24-20(14)25-13-6-7-16(22)15(21)9-13;1-3-22-13-23(4-2)19(15-7-11-17(21)12-8-15)18(22)14-5-9-16(20)10-6-14;/h6-7,9-12H,4-5,8H2,2H3,(H,23,24,25);5-13H,3-4H2,1-2H3;/q2*-1;. The molecule has 2 heterocycles. The fourth-order valence-electron chi connectivity index (χ4n) is 5.35. The molecule has 0 aliphatic carbocycles. The monoisotopic (exact) mass is 894 g/mol. The third-order valence-corrected chi connectivity index (χ3v) is 8.09. The van der Waals surface area contributed by atoms with Gasteiger partial charge in [0, 0.05) is 50.9 Å². The largest absolute Gasteiger partial charge is 0.694 e. The number of hydrogen-bond acceptors (Lipinski definition) is 7. The Balaban J connectivity index is 0.000000227. The van der Waals surface area contributed by atoms with Crippen molar-refractivity contribution in [1.82, 2.24) is 19.8 Å². The Morgan fingerprint density at radius 2 is 1.45 bits per heavy atom. The molecule has 1 radical (unpaired) electrons. The zero-order valence-corrected chi connectivity index (χ0v) is 31.0. The van der Waals surface area contributed by atoms with Crippen molar-refractivity contribution in [3.05, 3.63) is 132 Å². The van der Waals surface area contributed by atoms with E-state index in [1.54, 1.807) is 49.6 Å². The van der Waals surface area contributed by atoms with E-state index in [4.69, 9.17) is 27.5 Å². The van der Waals surface area contributed by atoms with Crippen LogP contribution in [0.5, 0.6) is 11.5 Å². The zero-order chi connectivity index (χ0) is 35.6. The minimum Gasteiger partial charge on any atom is -0.694 e. The average Bonchev–Trinajstić information content (AvgIpc) is 3.51. The molecule has 0 saturated heterocycles. The van der Waals surface area contributed by atoms with Crippen LogP contribution in [0.4, 0.5) is 24.7 Å². The molecule has 0 saturated carbocycles. The van der Waals surface area contributed by atoms with E-state index in [9.17, 15) is 13.2 Å². The molecule has 269 valence electrons. The summed E-state index contributed by atoms with van der Waals surface area (Å²) in [6.45, 7) is 8.22. The summed E-state index contributed by atoms with van der Waals surface area (Å²) in [6.07, 6.45) is 9.57. The number of nitrogens with zero attached hydrogens (tertiary/aromatic N) is 4. The maximum atomic E-state index is 13.4. The Morgan fingerprint density at radius 3 is 1.98 bits per heavy atom. The van der Waals surface area contributed by atoms with Gasteiger partial charge in [0.15, 0.2) is 11.5 Å². The number of aromatic nitrogens is 2. The molecule has 0 atom stereocenters. The third-order valence-electron chi connectivity index (χ3n) is 7.80. The molecule has 51 heavy (non-hydrogen) atoms. The third kappa shape index (κ3) is 9.57. The summed E-state index contributed by atoms with van der Waals surface area (Å²) in [5.41, 5.74) is 5.18. The number of fused-ring (bicyclic) bond motifs is 1. The van der Waals surface area contributed by atoms with E-state index in [0.29, 0.717) is 53.4 Å². The molecule has 0 unspecified atom stereocenters. The number of benzene rings is 4. The fraction of sp³-hybridized carbons (Fsp3) is 0.205. The van der Waals surface area contributed by atoms with Crippen LogP contribution in [-0.4, -0.2) is 46.6 Å². The maximum Gasteiger partial charge on any atom is 0.162 e. The van der Waals surface area contributed by atoms with Crippen molar-refractivity contribution in [3.63, 3.8) is 0 Å². The van der Waals surface area contributed by atoms with Crippen LogP contribution in [0.3, 0.4) is 0 Å². The Morgan fingerprint density at radius 1 is 0.843 bits per heavy atom. The molecule has 1 N–H and O–H groups in total. The summed E-state index contributed by atoms with van der Waals surface area (Å²) in [7, 11) is 1.56. The fourth-order valence-corrected chi connectivity index (χ4v) is 5.53. The average molecular weight is 895 g/mol. The minimum atomic E-state index is -0.489. The van der Waals surface area contributed by atoms with Gasteiger partial charge < -0.3 is 36.9 Å². The van der Waals surface area contributed by atoms with Gasteiger partial charge in [-0.3, -0.25) is 0 Å². The van der Waals surface area contributed by atoms with Gasteiger partial charge in [0.1, 0.15) is 29.6 Å². The number of nitrogens with one attached hydrogen (secondary N) is 1. The number of ether oxygens (including phenoxy) is 2. The molecule has 7 nitrogen and oxygen atoms in total. The second-order valence-corrected chi connectivity index (χ2v) is 11.4. The first-order chi connectivity index (χ1) is 24.3. The summed E-state index contributed by atoms with van der Waals surface area (Å²) in [6, 6.07) is 20.9. The van der Waals surface area contributed by atoms with E-state index in [1.807, 2.05) is 0 Å². The second-order valence-electron chi connectivity index (χ2n) is 11.0. The Bertz CT molecular complexity index is 1940. The molecule has 0 fully saturated rings. The first-order valence-corrected chi connectivity index (χ1v) is 16.4. The van der Waals surface area contributed by atoms with Crippen molar-refractivity contribution < 1.29 is 45.0 Å². The van der Waals surface area contributed by atoms with E-state index >= 15 is 0 Å². The summed E-state index contributed by atoms with van der Waals surface area (Å²) in [4.78, 5) is 12.8. The van der Waals surface area contributed by atoms with Crippen molar-refractivity contribution in [2.24, 2.45) is 0 Å². The topological polar surface area (TPSA) is 62.8 Å². The molecular formula is C39H35AuClF3N5O2-2. The van der Waals surface area contributed by atoms with Gasteiger partial charge in [0.25, 0.3) is 0 Å². The van der Waals surface area contributed by atoms with E-state index in [2.05, 4.69) is 51.5 Å². The molecule has 12 heteroatoms. The quantitative estimate of drug-likeness (QED) is 0.0614. The summed E-state index contributed by atoms with van der Waals surface area (Å²) in [5.74, 6) is 2.96. The van der Waals surface area contributed by atoms with Crippen LogP contribution in [0.1, 0.15) is 37.8 Å². The maximum absolute atomic E-state index is 13.4. The summed E-state index contributed by atoms with van der Waals surface area (Å²) in [5, 5.41) is 3.86. The molecular weight excluding hydrogens is 860 g/mol. The SMILES string of the molecule is CCN1[CH-]N(CC)C(c2ccc(F)cc2)=C1c1ccc(F)cc1.[Au].[C-]#CCCCOc1cc2c(Nc3ccc(F)c(Cl)c3)ncnc2cc1OC. The molecule has 0 amide bonds. The van der Waals surface area contributed by atoms with E-state index in [-0.39, 0.29) is 39.0 Å². The molecule has 1 aromatic heterocycles. The van der Waals surface area contributed by atoms with Gasteiger partial charge >= 0.3 is 0 Å². The van der Waals surface area contributed by atoms with Crippen molar-refractivity contribution in [2.45, 2.75) is 26.7 Å². The second kappa shape index (κ2) is 18.5. The van der Waals surface area contributed by atoms with Crippen LogP contribution < -0.4 is 14.8 Å². The van der Waals surface area contributed by atoms with Crippen molar-refractivity contribution in [3.8, 4) is 17.4 Å². The van der Waals surface area contributed by atoms with Crippen LogP contribution in [0, 0.1) is 36.5 Å². The molecule has 4 aromatic carbocycles. The summed E-state index contributed by atoms with van der Waals surface area (Å²) >= 11 is 5.84. The van der Waals surface area contributed by atoms with Crippen LogP contribution >= 0.6 is 11.6 Å². The summed E-state index contributed by atoms with van der Waals surface area (Å²) < 4.78 is 51.1. The van der Waals surface area contributed by atoms with Gasteiger partial charge in [0.2, 0.25) is 0 Å². The van der Waals surface area contributed by atoms with Crippen LogP contribution in [0.25, 0.3) is 22.3 Å². The normalized spacial score (nSPS) is 12.2. The molecule has 1 aliphatic rings. The molecule has 6 rings (SSSR count). The van der Waals surface area contributed by atoms with E-state index in [0.717, 1.165) is 35.6 Å². The van der Waals surface area contributed by atoms with Crippen LogP contribution in [-0.2, 0) is 22.4 Å². The molecule has 0 spiro atoms. The van der Waals surface area contributed by atoms with E-state index < -0.39 is 5.82 Å². The van der Waals surface area contributed by atoms with Crippen molar-refractivity contribution in [2.75, 3.05) is 32.1 Å². The number of anilines is 2. The minimum absolute atomic E-state index is 0. The number of hydrogen-bond donors (Lipinski definition) is 1. The van der Waals surface area contributed by atoms with Crippen molar-refractivity contribution >= 4 is 45.4 Å². The first-order valence-electron chi connectivity index (χ1n) is 16.0. The first kappa shape index (κ1) is 39.1. The van der Waals surface area contributed by atoms with Gasteiger partial charge in [-0.25, -0.2) is 23.1 Å². The molecule has 5 aromatic rings. The smallest absolute Gasteiger partial charge is 0.162 e. The number of halogens is 4. The van der Waals surface area contributed by atoms with Crippen LogP contribution in [0.2, 0.25) is 5.02 Å². The predicted molar refractivity (Wildman–Crippen MR) is 191 cm³/mol. The Hall–Kier alpha value is -4.66. The van der Waals surface area contributed by atoms with E-state index in [1.165, 1.54) is 42.7 Å². The van der Waals surface area contributed by atoms with Gasteiger partial charge in [-0.05, 0) is 99.4 Å². The van der Waals surface area contributed by atoms with Gasteiger partial charge in [0.05, 0.1) is 24.3 Å². The molecule has 0 bridgehead atoms. The Labute approximate surface area is 317 Å². The molecule has 1 aliphatic heterocycles. The zero-order valence-electron chi connectivity index (χ0n) is 28.1. The number of unbranched alkanes of at least 4 members (excludes halogenated alkanes) is 1. The number of rotatable bonds is 11. The predicted octanol–water partition coefficient (Wildman–Crippen LogP) is 9.49. The number of methoxy groups -OCH3 is 1. The van der Waals surface area contributed by atoms with Gasteiger partial charge in [-0.1, -0.05) is 35.9 Å². The van der Waals surface area contributed by atoms with Crippen LogP contribution in [0.15, 0.2) is 85.2 Å². The van der Waals surface area contributed by atoms with Gasteiger partial charge in [-0.2, -0.15) is 6.67 Å². The Kier molecular flexibility index (Phi) is 14.2.